The zero-order chi connectivity index (χ0) is 18.5. The molecule has 4 nitrogen and oxygen atoms in total. The lowest BCUT2D eigenvalue weighted by Gasteiger charge is -2.29. The molecular formula is C19H21F2N3OS. The molecule has 1 N–H and O–H groups in total. The molecule has 7 heteroatoms. The van der Waals surface area contributed by atoms with Crippen molar-refractivity contribution in [1.82, 2.24) is 13.2 Å². The Morgan fingerprint density at radius 3 is 2.08 bits per heavy atom. The molecular weight excluding hydrogens is 356 g/mol. The SMILES string of the molecule is CN1CCN(CC(C)(O)Cn2c3ccc(F)cc3c3cc(F)ccc32)S1. The zero-order valence-corrected chi connectivity index (χ0v) is 15.6. The van der Waals surface area contributed by atoms with Gasteiger partial charge in [-0.15, -0.1) is 0 Å². The third-order valence-electron chi connectivity index (χ3n) is 4.72. The highest BCUT2D eigenvalue weighted by atomic mass is 32.2. The fourth-order valence-electron chi connectivity index (χ4n) is 3.63. The molecule has 1 atom stereocenters. The minimum atomic E-state index is -0.986. The van der Waals surface area contributed by atoms with Gasteiger partial charge in [0.05, 0.1) is 12.1 Å². The van der Waals surface area contributed by atoms with Gasteiger partial charge in [-0.2, -0.15) is 0 Å². The first-order valence-electron chi connectivity index (χ1n) is 8.56. The summed E-state index contributed by atoms with van der Waals surface area (Å²) in [5.41, 5.74) is 0.594. The van der Waals surface area contributed by atoms with Crippen LogP contribution >= 0.6 is 12.1 Å². The van der Waals surface area contributed by atoms with E-state index in [0.717, 1.165) is 24.1 Å². The predicted octanol–water partition coefficient (Wildman–Crippen LogP) is 3.63. The van der Waals surface area contributed by atoms with Crippen LogP contribution in [0.5, 0.6) is 0 Å². The first kappa shape index (κ1) is 17.7. The average Bonchev–Trinajstić information content (AvgIpc) is 3.08. The number of β-amino-alcohol motifs (C(OH)–C–C–N with tert-alkyl or cyclic N) is 1. The van der Waals surface area contributed by atoms with Crippen LogP contribution in [0.1, 0.15) is 6.92 Å². The quantitative estimate of drug-likeness (QED) is 0.704. The van der Waals surface area contributed by atoms with Gasteiger partial charge in [0.15, 0.2) is 0 Å². The van der Waals surface area contributed by atoms with E-state index in [-0.39, 0.29) is 11.6 Å². The number of nitrogens with zero attached hydrogens (tertiary/aromatic N) is 3. The van der Waals surface area contributed by atoms with Crippen LogP contribution < -0.4 is 0 Å². The van der Waals surface area contributed by atoms with Crippen molar-refractivity contribution in [3.63, 3.8) is 0 Å². The molecule has 3 aromatic rings. The third kappa shape index (κ3) is 3.32. The fraction of sp³-hybridized carbons (Fsp3) is 0.368. The van der Waals surface area contributed by atoms with E-state index in [2.05, 4.69) is 8.61 Å². The zero-order valence-electron chi connectivity index (χ0n) is 14.7. The second kappa shape index (κ2) is 6.49. The number of aromatic nitrogens is 1. The van der Waals surface area contributed by atoms with Crippen LogP contribution in [0.4, 0.5) is 8.78 Å². The van der Waals surface area contributed by atoms with Crippen molar-refractivity contribution in [3.8, 4) is 0 Å². The molecule has 1 aromatic heterocycles. The summed E-state index contributed by atoms with van der Waals surface area (Å²) < 4.78 is 33.7. The third-order valence-corrected chi connectivity index (χ3v) is 5.73. The summed E-state index contributed by atoms with van der Waals surface area (Å²) in [7, 11) is 2.02. The maximum atomic E-state index is 13.8. The number of likely N-dealkylation sites (N-methyl/N-ethyl adjacent to an activating group) is 1. The Hall–Kier alpha value is -1.67. The van der Waals surface area contributed by atoms with E-state index in [0.29, 0.717) is 23.9 Å². The van der Waals surface area contributed by atoms with Gasteiger partial charge in [-0.1, -0.05) is 0 Å². The molecule has 1 fully saturated rings. The molecule has 0 saturated carbocycles. The van der Waals surface area contributed by atoms with Gasteiger partial charge in [-0.25, -0.2) is 17.4 Å². The Bertz CT molecular complexity index is 913. The minimum absolute atomic E-state index is 0.338. The number of benzene rings is 2. The van der Waals surface area contributed by atoms with E-state index in [9.17, 15) is 13.9 Å². The minimum Gasteiger partial charge on any atom is -0.387 e. The molecule has 1 aliphatic rings. The van der Waals surface area contributed by atoms with Crippen LogP contribution in [0.3, 0.4) is 0 Å². The normalized spacial score (nSPS) is 18.8. The molecule has 1 unspecified atom stereocenters. The Balaban J connectivity index is 1.75. The van der Waals surface area contributed by atoms with Crippen molar-refractivity contribution in [2.45, 2.75) is 19.1 Å². The number of halogens is 2. The largest absolute Gasteiger partial charge is 0.387 e. The second-order valence-corrected chi connectivity index (χ2v) is 8.51. The van der Waals surface area contributed by atoms with Gasteiger partial charge in [-0.3, -0.25) is 0 Å². The molecule has 0 bridgehead atoms. The second-order valence-electron chi connectivity index (χ2n) is 7.20. The number of rotatable bonds is 4. The maximum absolute atomic E-state index is 13.8. The Morgan fingerprint density at radius 2 is 1.58 bits per heavy atom. The molecule has 2 aromatic carbocycles. The van der Waals surface area contributed by atoms with Gasteiger partial charge in [0.2, 0.25) is 0 Å². The average molecular weight is 377 g/mol. The van der Waals surface area contributed by atoms with E-state index in [1.807, 2.05) is 11.6 Å². The van der Waals surface area contributed by atoms with Gasteiger partial charge < -0.3 is 9.67 Å². The molecule has 0 radical (unpaired) electrons. The lowest BCUT2D eigenvalue weighted by Crippen LogP contribution is -2.40. The van der Waals surface area contributed by atoms with E-state index in [1.54, 1.807) is 31.2 Å². The van der Waals surface area contributed by atoms with Crippen LogP contribution in [0.15, 0.2) is 36.4 Å². The smallest absolute Gasteiger partial charge is 0.123 e. The highest BCUT2D eigenvalue weighted by molar-refractivity contribution is 7.94. The lowest BCUT2D eigenvalue weighted by molar-refractivity contribution is 0.0297. The highest BCUT2D eigenvalue weighted by Gasteiger charge is 2.30. The van der Waals surface area contributed by atoms with Crippen molar-refractivity contribution in [2.24, 2.45) is 0 Å². The summed E-state index contributed by atoms with van der Waals surface area (Å²) in [5, 5.41) is 12.3. The van der Waals surface area contributed by atoms with Crippen molar-refractivity contribution < 1.29 is 13.9 Å². The van der Waals surface area contributed by atoms with Gasteiger partial charge in [0, 0.05) is 53.6 Å². The van der Waals surface area contributed by atoms with Crippen LogP contribution in [-0.2, 0) is 6.54 Å². The maximum Gasteiger partial charge on any atom is 0.123 e. The number of fused-ring (bicyclic) bond motifs is 3. The summed E-state index contributed by atoms with van der Waals surface area (Å²) in [6.45, 7) is 4.49. The van der Waals surface area contributed by atoms with Crippen LogP contribution in [0.25, 0.3) is 21.8 Å². The van der Waals surface area contributed by atoms with Gasteiger partial charge in [0.1, 0.15) is 11.6 Å². The monoisotopic (exact) mass is 377 g/mol. The van der Waals surface area contributed by atoms with Crippen LogP contribution in [0, 0.1) is 11.6 Å². The number of hydrogen-bond donors (Lipinski definition) is 1. The van der Waals surface area contributed by atoms with Gasteiger partial charge in [0.25, 0.3) is 0 Å². The summed E-state index contributed by atoms with van der Waals surface area (Å²) in [6.07, 6.45) is 0. The lowest BCUT2D eigenvalue weighted by atomic mass is 10.1. The Labute approximate surface area is 155 Å². The number of aliphatic hydroxyl groups is 1. The molecule has 138 valence electrons. The molecule has 0 spiro atoms. The summed E-state index contributed by atoms with van der Waals surface area (Å²) in [5.74, 6) is -0.715. The first-order valence-corrected chi connectivity index (χ1v) is 9.29. The molecule has 1 saturated heterocycles. The van der Waals surface area contributed by atoms with E-state index in [4.69, 9.17) is 0 Å². The predicted molar refractivity (Wildman–Crippen MR) is 102 cm³/mol. The van der Waals surface area contributed by atoms with Gasteiger partial charge >= 0.3 is 0 Å². The molecule has 0 aliphatic carbocycles. The van der Waals surface area contributed by atoms with Crippen molar-refractivity contribution >= 4 is 33.9 Å². The molecule has 1 aliphatic heterocycles. The van der Waals surface area contributed by atoms with Crippen LogP contribution in [0.2, 0.25) is 0 Å². The molecule has 0 amide bonds. The topological polar surface area (TPSA) is 31.6 Å². The highest BCUT2D eigenvalue weighted by Crippen LogP contribution is 2.32. The van der Waals surface area contributed by atoms with Crippen molar-refractivity contribution in [1.29, 1.82) is 0 Å². The van der Waals surface area contributed by atoms with E-state index >= 15 is 0 Å². The van der Waals surface area contributed by atoms with Crippen molar-refractivity contribution in [3.05, 3.63) is 48.0 Å². The van der Waals surface area contributed by atoms with Crippen molar-refractivity contribution in [2.75, 3.05) is 26.7 Å². The Morgan fingerprint density at radius 1 is 1.00 bits per heavy atom. The summed E-state index contributed by atoms with van der Waals surface area (Å²) >= 11 is 1.61. The molecule has 4 rings (SSSR count). The van der Waals surface area contributed by atoms with E-state index in [1.165, 1.54) is 24.3 Å². The summed E-state index contributed by atoms with van der Waals surface area (Å²) in [6, 6.07) is 9.03. The fourth-order valence-corrected chi connectivity index (χ4v) is 4.69. The van der Waals surface area contributed by atoms with Crippen LogP contribution in [-0.4, -0.2) is 50.6 Å². The van der Waals surface area contributed by atoms with Gasteiger partial charge in [-0.05, 0) is 50.4 Å². The van der Waals surface area contributed by atoms with E-state index < -0.39 is 5.60 Å². The standard InChI is InChI=1S/C19H21F2N3OS/c1-19(25,11-23-8-7-22(2)26-23)12-24-17-5-3-13(20)9-15(17)16-10-14(21)4-6-18(16)24/h3-6,9-10,25H,7-8,11-12H2,1-2H3. The Kier molecular flexibility index (Phi) is 4.43. The summed E-state index contributed by atoms with van der Waals surface area (Å²) in [4.78, 5) is 0. The molecule has 26 heavy (non-hydrogen) atoms. The number of hydrogen-bond acceptors (Lipinski definition) is 4. The molecule has 2 heterocycles. The first-order chi connectivity index (χ1) is 12.3.